The summed E-state index contributed by atoms with van der Waals surface area (Å²) in [6.45, 7) is 1.53. The second-order valence-corrected chi connectivity index (χ2v) is 8.15. The van der Waals surface area contributed by atoms with Crippen molar-refractivity contribution in [2.75, 3.05) is 27.3 Å². The van der Waals surface area contributed by atoms with Crippen LogP contribution in [-0.2, 0) is 27.8 Å². The molecule has 152 valence electrons. The SMILES string of the molecule is CN=C(NCc1cccc(Cl)c1)NCc1cccc(S(=O)(=O)NCCOC)c1. The zero-order valence-electron chi connectivity index (χ0n) is 15.9. The molecule has 0 aliphatic heterocycles. The molecule has 28 heavy (non-hydrogen) atoms. The number of hydrogen-bond donors (Lipinski definition) is 3. The monoisotopic (exact) mass is 424 g/mol. The average molecular weight is 425 g/mol. The summed E-state index contributed by atoms with van der Waals surface area (Å²) in [6.07, 6.45) is 0. The van der Waals surface area contributed by atoms with Gasteiger partial charge in [-0.25, -0.2) is 13.1 Å². The highest BCUT2D eigenvalue weighted by Crippen LogP contribution is 2.12. The Kier molecular flexibility index (Phi) is 8.72. The molecule has 0 aliphatic rings. The van der Waals surface area contributed by atoms with Crippen molar-refractivity contribution in [2.24, 2.45) is 4.99 Å². The van der Waals surface area contributed by atoms with E-state index in [0.717, 1.165) is 11.1 Å². The van der Waals surface area contributed by atoms with Gasteiger partial charge in [0.1, 0.15) is 0 Å². The van der Waals surface area contributed by atoms with E-state index in [9.17, 15) is 8.42 Å². The number of sulfonamides is 1. The Bertz CT molecular complexity index is 904. The minimum Gasteiger partial charge on any atom is -0.383 e. The van der Waals surface area contributed by atoms with Crippen molar-refractivity contribution in [3.05, 3.63) is 64.7 Å². The molecule has 0 aliphatic carbocycles. The molecule has 0 unspecified atom stereocenters. The predicted octanol–water partition coefficient (Wildman–Crippen LogP) is 2.13. The molecule has 0 saturated carbocycles. The number of nitrogens with one attached hydrogen (secondary N) is 3. The first kappa shape index (κ1) is 22.2. The number of hydrogen-bond acceptors (Lipinski definition) is 4. The van der Waals surface area contributed by atoms with Gasteiger partial charge < -0.3 is 15.4 Å². The quantitative estimate of drug-likeness (QED) is 0.326. The molecule has 0 fully saturated rings. The third-order valence-corrected chi connectivity index (χ3v) is 5.53. The van der Waals surface area contributed by atoms with Crippen LogP contribution in [0.15, 0.2) is 58.4 Å². The lowest BCUT2D eigenvalue weighted by molar-refractivity contribution is 0.204. The van der Waals surface area contributed by atoms with Gasteiger partial charge in [-0.3, -0.25) is 4.99 Å². The predicted molar refractivity (Wildman–Crippen MR) is 112 cm³/mol. The van der Waals surface area contributed by atoms with Gasteiger partial charge in [-0.15, -0.1) is 0 Å². The van der Waals surface area contributed by atoms with Crippen molar-refractivity contribution in [3.63, 3.8) is 0 Å². The molecular formula is C19H25ClN4O3S. The van der Waals surface area contributed by atoms with Gasteiger partial charge in [-0.2, -0.15) is 0 Å². The van der Waals surface area contributed by atoms with E-state index < -0.39 is 10.0 Å². The highest BCUT2D eigenvalue weighted by atomic mass is 35.5. The first-order valence-corrected chi connectivity index (χ1v) is 10.6. The van der Waals surface area contributed by atoms with Gasteiger partial charge in [0.2, 0.25) is 10.0 Å². The summed E-state index contributed by atoms with van der Waals surface area (Å²) in [5, 5.41) is 7.05. The number of guanidine groups is 1. The van der Waals surface area contributed by atoms with E-state index in [1.165, 1.54) is 7.11 Å². The third-order valence-electron chi connectivity index (χ3n) is 3.84. The average Bonchev–Trinajstić information content (AvgIpc) is 2.68. The summed E-state index contributed by atoms with van der Waals surface area (Å²) in [6, 6.07) is 14.3. The molecule has 2 rings (SSSR count). The second-order valence-electron chi connectivity index (χ2n) is 5.95. The Labute approximate surface area is 171 Å². The fourth-order valence-electron chi connectivity index (χ4n) is 2.42. The van der Waals surface area contributed by atoms with Crippen LogP contribution in [0.5, 0.6) is 0 Å². The Hall–Kier alpha value is -2.13. The van der Waals surface area contributed by atoms with Crippen molar-refractivity contribution >= 4 is 27.6 Å². The Balaban J connectivity index is 1.93. The largest absolute Gasteiger partial charge is 0.383 e. The van der Waals surface area contributed by atoms with Crippen molar-refractivity contribution in [1.29, 1.82) is 0 Å². The fourth-order valence-corrected chi connectivity index (χ4v) is 3.72. The van der Waals surface area contributed by atoms with E-state index in [2.05, 4.69) is 20.3 Å². The summed E-state index contributed by atoms with van der Waals surface area (Å²) in [7, 11) is -0.369. The third kappa shape index (κ3) is 7.12. The number of methoxy groups -OCH3 is 1. The van der Waals surface area contributed by atoms with Crippen LogP contribution in [0.25, 0.3) is 0 Å². The highest BCUT2D eigenvalue weighted by molar-refractivity contribution is 7.89. The number of rotatable bonds is 9. The molecular weight excluding hydrogens is 400 g/mol. The lowest BCUT2D eigenvalue weighted by Gasteiger charge is -2.13. The minimum absolute atomic E-state index is 0.213. The molecule has 0 spiro atoms. The highest BCUT2D eigenvalue weighted by Gasteiger charge is 2.13. The fraction of sp³-hybridized carbons (Fsp3) is 0.316. The molecule has 0 saturated heterocycles. The molecule has 0 radical (unpaired) electrons. The van der Waals surface area contributed by atoms with Crippen LogP contribution >= 0.6 is 11.6 Å². The Morgan fingerprint density at radius 2 is 1.71 bits per heavy atom. The molecule has 0 aromatic heterocycles. The lowest BCUT2D eigenvalue weighted by atomic mass is 10.2. The van der Waals surface area contributed by atoms with Gasteiger partial charge in [-0.05, 0) is 35.4 Å². The zero-order valence-corrected chi connectivity index (χ0v) is 17.5. The molecule has 3 N–H and O–H groups in total. The summed E-state index contributed by atoms with van der Waals surface area (Å²) < 4.78 is 32.0. The topological polar surface area (TPSA) is 91.8 Å². The number of benzene rings is 2. The summed E-state index contributed by atoms with van der Waals surface area (Å²) >= 11 is 5.99. The first-order chi connectivity index (χ1) is 13.4. The van der Waals surface area contributed by atoms with Crippen LogP contribution in [0.1, 0.15) is 11.1 Å². The minimum atomic E-state index is -3.57. The molecule has 0 amide bonds. The lowest BCUT2D eigenvalue weighted by Crippen LogP contribution is -2.36. The van der Waals surface area contributed by atoms with Crippen LogP contribution in [0.4, 0.5) is 0 Å². The van der Waals surface area contributed by atoms with Gasteiger partial charge in [0.15, 0.2) is 5.96 Å². The van der Waals surface area contributed by atoms with E-state index in [1.807, 2.05) is 30.3 Å². The van der Waals surface area contributed by atoms with Gasteiger partial charge in [0.05, 0.1) is 11.5 Å². The van der Waals surface area contributed by atoms with Crippen LogP contribution in [0.3, 0.4) is 0 Å². The van der Waals surface area contributed by atoms with Crippen LogP contribution in [-0.4, -0.2) is 41.7 Å². The maximum Gasteiger partial charge on any atom is 0.240 e. The number of halogens is 1. The molecule has 0 bridgehead atoms. The van der Waals surface area contributed by atoms with E-state index in [4.69, 9.17) is 16.3 Å². The van der Waals surface area contributed by atoms with Gasteiger partial charge in [0.25, 0.3) is 0 Å². The molecule has 0 heterocycles. The zero-order chi connectivity index (χ0) is 20.4. The standard InChI is InChI=1S/C19H25ClN4O3S/c1-21-19(22-13-15-5-3-7-17(20)11-15)23-14-16-6-4-8-18(12-16)28(25,26)24-9-10-27-2/h3-8,11-12,24H,9-10,13-14H2,1-2H3,(H2,21,22,23). The van der Waals surface area contributed by atoms with Gasteiger partial charge >= 0.3 is 0 Å². The van der Waals surface area contributed by atoms with Gasteiger partial charge in [0, 0.05) is 38.8 Å². The Morgan fingerprint density at radius 1 is 1.07 bits per heavy atom. The van der Waals surface area contributed by atoms with Crippen molar-refractivity contribution < 1.29 is 13.2 Å². The molecule has 9 heteroatoms. The summed E-state index contributed by atoms with van der Waals surface area (Å²) in [4.78, 5) is 4.39. The van der Waals surface area contributed by atoms with Gasteiger partial charge in [-0.1, -0.05) is 35.9 Å². The van der Waals surface area contributed by atoms with E-state index in [0.29, 0.717) is 30.7 Å². The van der Waals surface area contributed by atoms with E-state index in [1.54, 1.807) is 25.2 Å². The van der Waals surface area contributed by atoms with Crippen LogP contribution in [0, 0.1) is 0 Å². The number of nitrogens with zero attached hydrogens (tertiary/aromatic N) is 1. The Morgan fingerprint density at radius 3 is 2.32 bits per heavy atom. The van der Waals surface area contributed by atoms with Crippen molar-refractivity contribution in [2.45, 2.75) is 18.0 Å². The number of ether oxygens (including phenoxy) is 1. The van der Waals surface area contributed by atoms with Crippen molar-refractivity contribution in [1.82, 2.24) is 15.4 Å². The normalized spacial score (nSPS) is 12.0. The molecule has 2 aromatic carbocycles. The molecule has 7 nitrogen and oxygen atoms in total. The molecule has 0 atom stereocenters. The van der Waals surface area contributed by atoms with Crippen LogP contribution in [0.2, 0.25) is 5.02 Å². The molecule has 2 aromatic rings. The first-order valence-electron chi connectivity index (χ1n) is 8.71. The van der Waals surface area contributed by atoms with E-state index >= 15 is 0 Å². The maximum absolute atomic E-state index is 12.3. The summed E-state index contributed by atoms with van der Waals surface area (Å²) in [5.41, 5.74) is 1.85. The summed E-state index contributed by atoms with van der Waals surface area (Å²) in [5.74, 6) is 0.603. The number of aliphatic imine (C=N–C) groups is 1. The second kappa shape index (κ2) is 11.0. The van der Waals surface area contributed by atoms with E-state index in [-0.39, 0.29) is 11.4 Å². The van der Waals surface area contributed by atoms with Crippen LogP contribution < -0.4 is 15.4 Å². The maximum atomic E-state index is 12.3. The smallest absolute Gasteiger partial charge is 0.240 e. The van der Waals surface area contributed by atoms with Crippen molar-refractivity contribution in [3.8, 4) is 0 Å².